The van der Waals surface area contributed by atoms with Crippen LogP contribution in [0, 0.1) is 0 Å². The first-order chi connectivity index (χ1) is 10.1. The lowest BCUT2D eigenvalue weighted by molar-refractivity contribution is 0.0948. The zero-order valence-corrected chi connectivity index (χ0v) is 12.6. The molecule has 5 nitrogen and oxygen atoms in total. The largest absolute Gasteiger partial charge is 0.383 e. The van der Waals surface area contributed by atoms with Gasteiger partial charge in [0.25, 0.3) is 5.91 Å². The maximum atomic E-state index is 12.1. The molecule has 2 rings (SSSR count). The zero-order valence-electron chi connectivity index (χ0n) is 12.6. The minimum atomic E-state index is -0.169. The summed E-state index contributed by atoms with van der Waals surface area (Å²) in [7, 11) is 4.08. The molecule has 1 heterocycles. The predicted molar refractivity (Wildman–Crippen MR) is 86.3 cm³/mol. The smallest absolute Gasteiger partial charge is 0.269 e. The van der Waals surface area contributed by atoms with Crippen molar-refractivity contribution in [2.75, 3.05) is 32.9 Å². The van der Waals surface area contributed by atoms with Crippen molar-refractivity contribution in [2.45, 2.75) is 12.8 Å². The highest BCUT2D eigenvalue weighted by Crippen LogP contribution is 2.19. The van der Waals surface area contributed by atoms with Gasteiger partial charge in [0.1, 0.15) is 11.5 Å². The minimum absolute atomic E-state index is 0.169. The van der Waals surface area contributed by atoms with Gasteiger partial charge in [0.15, 0.2) is 0 Å². The molecule has 0 saturated carbocycles. The molecule has 0 aliphatic heterocycles. The number of unbranched alkanes of at least 4 members (excludes halogenated alkanes) is 1. The van der Waals surface area contributed by atoms with E-state index in [0.29, 0.717) is 18.1 Å². The van der Waals surface area contributed by atoms with Gasteiger partial charge in [-0.25, -0.2) is 4.98 Å². The summed E-state index contributed by atoms with van der Waals surface area (Å²) in [6, 6.07) is 9.44. The summed E-state index contributed by atoms with van der Waals surface area (Å²) in [4.78, 5) is 18.4. The van der Waals surface area contributed by atoms with Gasteiger partial charge in [-0.3, -0.25) is 4.79 Å². The molecule has 0 spiro atoms. The fraction of sp³-hybridized carbons (Fsp3) is 0.375. The van der Waals surface area contributed by atoms with E-state index in [1.54, 1.807) is 6.07 Å². The molecule has 0 saturated heterocycles. The lowest BCUT2D eigenvalue weighted by Crippen LogP contribution is -2.26. The molecule has 0 radical (unpaired) electrons. The quantitative estimate of drug-likeness (QED) is 0.796. The molecular formula is C16H22N4O. The van der Waals surface area contributed by atoms with Crippen LogP contribution >= 0.6 is 0 Å². The van der Waals surface area contributed by atoms with Crippen molar-refractivity contribution >= 4 is 22.5 Å². The lowest BCUT2D eigenvalue weighted by Gasteiger charge is -2.10. The zero-order chi connectivity index (χ0) is 15.2. The van der Waals surface area contributed by atoms with Gasteiger partial charge < -0.3 is 16.0 Å². The lowest BCUT2D eigenvalue weighted by atomic mass is 10.1. The Morgan fingerprint density at radius 1 is 1.29 bits per heavy atom. The third kappa shape index (κ3) is 4.16. The molecule has 1 aromatic heterocycles. The van der Waals surface area contributed by atoms with Crippen LogP contribution in [0.25, 0.3) is 10.8 Å². The number of hydrogen-bond donors (Lipinski definition) is 2. The molecule has 1 amide bonds. The van der Waals surface area contributed by atoms with Crippen LogP contribution in [0.3, 0.4) is 0 Å². The highest BCUT2D eigenvalue weighted by Gasteiger charge is 2.10. The van der Waals surface area contributed by atoms with Crippen LogP contribution in [0.1, 0.15) is 23.3 Å². The summed E-state index contributed by atoms with van der Waals surface area (Å²) in [6.07, 6.45) is 2.01. The maximum Gasteiger partial charge on any atom is 0.269 e. The van der Waals surface area contributed by atoms with E-state index < -0.39 is 0 Å². The van der Waals surface area contributed by atoms with Crippen molar-refractivity contribution in [3.8, 4) is 0 Å². The van der Waals surface area contributed by atoms with Crippen molar-refractivity contribution in [1.29, 1.82) is 0 Å². The normalized spacial score (nSPS) is 11.0. The number of aromatic nitrogens is 1. The summed E-state index contributed by atoms with van der Waals surface area (Å²) >= 11 is 0. The Bertz CT molecular complexity index is 625. The molecule has 0 bridgehead atoms. The van der Waals surface area contributed by atoms with E-state index in [1.165, 1.54) is 0 Å². The number of nitrogens with zero attached hydrogens (tertiary/aromatic N) is 2. The summed E-state index contributed by atoms with van der Waals surface area (Å²) in [5, 5.41) is 4.70. The summed E-state index contributed by atoms with van der Waals surface area (Å²) in [5.41, 5.74) is 6.28. The van der Waals surface area contributed by atoms with Crippen molar-refractivity contribution in [2.24, 2.45) is 0 Å². The third-order valence-electron chi connectivity index (χ3n) is 3.32. The van der Waals surface area contributed by atoms with Crippen LogP contribution in [0.2, 0.25) is 0 Å². The summed E-state index contributed by atoms with van der Waals surface area (Å²) in [5.74, 6) is 0.225. The number of nitrogens with two attached hydrogens (primary N) is 1. The number of nitrogens with one attached hydrogen (secondary N) is 1. The third-order valence-corrected chi connectivity index (χ3v) is 3.32. The van der Waals surface area contributed by atoms with Crippen LogP contribution in [0.15, 0.2) is 30.3 Å². The van der Waals surface area contributed by atoms with Gasteiger partial charge in [0.05, 0.1) is 0 Å². The minimum Gasteiger partial charge on any atom is -0.383 e. The Morgan fingerprint density at radius 2 is 2.05 bits per heavy atom. The first kappa shape index (κ1) is 15.3. The molecule has 0 unspecified atom stereocenters. The average molecular weight is 286 g/mol. The maximum absolute atomic E-state index is 12.1. The van der Waals surface area contributed by atoms with Crippen LogP contribution in [0.5, 0.6) is 0 Å². The standard InChI is InChI=1S/C16H22N4O/c1-20(2)10-6-5-9-18-16(21)14-11-12-7-3-4-8-13(12)15(17)19-14/h3-4,7-8,11H,5-6,9-10H2,1-2H3,(H2,17,19)(H,18,21). The Balaban J connectivity index is 1.96. The first-order valence-corrected chi connectivity index (χ1v) is 7.16. The number of carbonyl (C=O) groups excluding carboxylic acids is 1. The molecule has 0 atom stereocenters. The number of pyridine rings is 1. The Hall–Kier alpha value is -2.14. The number of fused-ring (bicyclic) bond motifs is 1. The monoisotopic (exact) mass is 286 g/mol. The SMILES string of the molecule is CN(C)CCCCNC(=O)c1cc2ccccc2c(N)n1. The van der Waals surface area contributed by atoms with E-state index in [9.17, 15) is 4.79 Å². The van der Waals surface area contributed by atoms with Gasteiger partial charge >= 0.3 is 0 Å². The van der Waals surface area contributed by atoms with E-state index in [4.69, 9.17) is 5.73 Å². The van der Waals surface area contributed by atoms with E-state index in [0.717, 1.165) is 30.2 Å². The number of rotatable bonds is 6. The number of anilines is 1. The van der Waals surface area contributed by atoms with Gasteiger partial charge in [-0.15, -0.1) is 0 Å². The fourth-order valence-corrected chi connectivity index (χ4v) is 2.19. The number of hydrogen-bond acceptors (Lipinski definition) is 4. The van der Waals surface area contributed by atoms with Crippen molar-refractivity contribution in [1.82, 2.24) is 15.2 Å². The molecule has 0 aliphatic rings. The van der Waals surface area contributed by atoms with E-state index in [2.05, 4.69) is 15.2 Å². The second kappa shape index (κ2) is 7.04. The molecule has 2 aromatic rings. The van der Waals surface area contributed by atoms with E-state index in [1.807, 2.05) is 38.4 Å². The van der Waals surface area contributed by atoms with Crippen LogP contribution in [-0.2, 0) is 0 Å². The average Bonchev–Trinajstić information content (AvgIpc) is 2.46. The molecule has 21 heavy (non-hydrogen) atoms. The van der Waals surface area contributed by atoms with Crippen molar-refractivity contribution < 1.29 is 4.79 Å². The highest BCUT2D eigenvalue weighted by atomic mass is 16.1. The highest BCUT2D eigenvalue weighted by molar-refractivity contribution is 5.99. The predicted octanol–water partition coefficient (Wildman–Crippen LogP) is 1.89. The summed E-state index contributed by atoms with van der Waals surface area (Å²) < 4.78 is 0. The first-order valence-electron chi connectivity index (χ1n) is 7.16. The Morgan fingerprint density at radius 3 is 2.81 bits per heavy atom. The molecule has 5 heteroatoms. The van der Waals surface area contributed by atoms with Gasteiger partial charge in [-0.05, 0) is 44.9 Å². The number of nitrogen functional groups attached to an aromatic ring is 1. The summed E-state index contributed by atoms with van der Waals surface area (Å²) in [6.45, 7) is 1.68. The molecular weight excluding hydrogens is 264 g/mol. The number of benzene rings is 1. The van der Waals surface area contributed by atoms with Crippen LogP contribution < -0.4 is 11.1 Å². The van der Waals surface area contributed by atoms with Gasteiger partial charge in [-0.2, -0.15) is 0 Å². The van der Waals surface area contributed by atoms with Gasteiger partial charge in [-0.1, -0.05) is 24.3 Å². The molecule has 112 valence electrons. The second-order valence-electron chi connectivity index (χ2n) is 5.38. The number of carbonyl (C=O) groups is 1. The van der Waals surface area contributed by atoms with Gasteiger partial charge in [0.2, 0.25) is 0 Å². The molecule has 3 N–H and O–H groups in total. The van der Waals surface area contributed by atoms with Crippen molar-refractivity contribution in [3.63, 3.8) is 0 Å². The molecule has 0 fully saturated rings. The molecule has 1 aromatic carbocycles. The van der Waals surface area contributed by atoms with Crippen LogP contribution in [-0.4, -0.2) is 43.0 Å². The Labute approximate surface area is 125 Å². The second-order valence-corrected chi connectivity index (χ2v) is 5.38. The van der Waals surface area contributed by atoms with Crippen molar-refractivity contribution in [3.05, 3.63) is 36.0 Å². The Kier molecular flexibility index (Phi) is 5.11. The fourth-order valence-electron chi connectivity index (χ4n) is 2.19. The number of amides is 1. The molecule has 0 aliphatic carbocycles. The van der Waals surface area contributed by atoms with Crippen LogP contribution in [0.4, 0.5) is 5.82 Å². The topological polar surface area (TPSA) is 71.2 Å². The van der Waals surface area contributed by atoms with Gasteiger partial charge in [0, 0.05) is 11.9 Å². The van der Waals surface area contributed by atoms with E-state index in [-0.39, 0.29) is 5.91 Å². The van der Waals surface area contributed by atoms with E-state index >= 15 is 0 Å².